The summed E-state index contributed by atoms with van der Waals surface area (Å²) in [5, 5.41) is 7.59. The Morgan fingerprint density at radius 1 is 1.10 bits per heavy atom. The number of hydrogen-bond acceptors (Lipinski definition) is 7. The normalized spacial score (nSPS) is 11.8. The molecule has 1 atom stereocenters. The van der Waals surface area contributed by atoms with Crippen molar-refractivity contribution in [3.8, 4) is 5.75 Å². The number of fused-ring (bicyclic) bond motifs is 1. The number of ether oxygens (including phenoxy) is 1. The highest BCUT2D eigenvalue weighted by molar-refractivity contribution is 7.99. The van der Waals surface area contributed by atoms with Crippen LogP contribution in [0.15, 0.2) is 82.9 Å². The van der Waals surface area contributed by atoms with Crippen LogP contribution in [-0.2, 0) is 4.79 Å². The minimum atomic E-state index is -0.648. The summed E-state index contributed by atoms with van der Waals surface area (Å²) >= 11 is 1.55. The van der Waals surface area contributed by atoms with Gasteiger partial charge in [-0.1, -0.05) is 18.2 Å². The van der Waals surface area contributed by atoms with Crippen LogP contribution in [0.1, 0.15) is 22.3 Å². The summed E-state index contributed by atoms with van der Waals surface area (Å²) < 4.78 is 33.7. The van der Waals surface area contributed by atoms with Gasteiger partial charge in [-0.2, -0.15) is 5.10 Å². The average molecular weight is 578 g/mol. The Hall–Kier alpha value is -4.51. The number of nitrogens with one attached hydrogen (secondary N) is 2. The molecule has 0 spiro atoms. The van der Waals surface area contributed by atoms with Gasteiger partial charge in [0.1, 0.15) is 17.4 Å². The minimum absolute atomic E-state index is 0.0856. The maximum absolute atomic E-state index is 14.4. The monoisotopic (exact) mass is 577 g/mol. The van der Waals surface area contributed by atoms with Crippen molar-refractivity contribution in [2.75, 3.05) is 32.3 Å². The molecule has 3 aromatic carbocycles. The summed E-state index contributed by atoms with van der Waals surface area (Å²) in [6.45, 7) is 0. The van der Waals surface area contributed by atoms with Crippen LogP contribution < -0.4 is 15.5 Å². The van der Waals surface area contributed by atoms with Gasteiger partial charge in [0.2, 0.25) is 5.91 Å². The van der Waals surface area contributed by atoms with Crippen molar-refractivity contribution in [3.63, 3.8) is 0 Å². The van der Waals surface area contributed by atoms with E-state index in [1.54, 1.807) is 31.9 Å². The molecule has 0 bridgehead atoms. The Morgan fingerprint density at radius 2 is 1.88 bits per heavy atom. The number of amides is 2. The van der Waals surface area contributed by atoms with E-state index in [1.165, 1.54) is 54.8 Å². The lowest BCUT2D eigenvalue weighted by Crippen LogP contribution is -2.33. The zero-order valence-electron chi connectivity index (χ0n) is 22.7. The number of thioether (sulfide) groups is 1. The summed E-state index contributed by atoms with van der Waals surface area (Å²) in [4.78, 5) is 32.8. The number of methoxy groups -OCH3 is 1. The number of carbonyl (C=O) groups excluding carboxylic acids is 2. The summed E-state index contributed by atoms with van der Waals surface area (Å²) in [6, 6.07) is 17.6. The second-order valence-electron chi connectivity index (χ2n) is 9.25. The topological polar surface area (TPSA) is 95.9 Å². The third-order valence-electron chi connectivity index (χ3n) is 6.11. The number of hydrogen-bond donors (Lipinski definition) is 2. The Morgan fingerprint density at radius 3 is 2.59 bits per heavy atom. The van der Waals surface area contributed by atoms with Crippen molar-refractivity contribution in [3.05, 3.63) is 95.7 Å². The van der Waals surface area contributed by atoms with Gasteiger partial charge in [0.05, 0.1) is 30.1 Å². The molecule has 1 aromatic heterocycles. The van der Waals surface area contributed by atoms with Gasteiger partial charge in [-0.05, 0) is 42.5 Å². The number of aromatic nitrogens is 1. The van der Waals surface area contributed by atoms with Crippen LogP contribution in [0.5, 0.6) is 5.75 Å². The smallest absolute Gasteiger partial charge is 0.275 e. The first-order valence-corrected chi connectivity index (χ1v) is 13.6. The molecule has 0 radical (unpaired) electrons. The van der Waals surface area contributed by atoms with Crippen LogP contribution in [0.3, 0.4) is 0 Å². The zero-order valence-corrected chi connectivity index (χ0v) is 23.5. The van der Waals surface area contributed by atoms with Crippen molar-refractivity contribution in [2.45, 2.75) is 17.4 Å². The quantitative estimate of drug-likeness (QED) is 0.142. The van der Waals surface area contributed by atoms with Crippen LogP contribution in [0.4, 0.5) is 14.5 Å². The molecule has 4 rings (SSSR count). The van der Waals surface area contributed by atoms with Gasteiger partial charge in [-0.3, -0.25) is 14.6 Å². The number of hydrazone groups is 1. The fourth-order valence-electron chi connectivity index (χ4n) is 3.92. The number of benzene rings is 3. The molecule has 212 valence electrons. The molecule has 0 unspecified atom stereocenters. The Balaban J connectivity index is 1.64. The van der Waals surface area contributed by atoms with Gasteiger partial charge in [0.25, 0.3) is 5.91 Å². The van der Waals surface area contributed by atoms with Crippen molar-refractivity contribution in [2.24, 2.45) is 5.10 Å². The average Bonchev–Trinajstić information content (AvgIpc) is 2.97. The second kappa shape index (κ2) is 13.7. The third-order valence-corrected chi connectivity index (χ3v) is 7.29. The number of halogens is 2. The first kappa shape index (κ1) is 29.5. The van der Waals surface area contributed by atoms with E-state index in [0.29, 0.717) is 28.1 Å². The minimum Gasteiger partial charge on any atom is -0.497 e. The van der Waals surface area contributed by atoms with Gasteiger partial charge in [-0.15, -0.1) is 11.8 Å². The maximum atomic E-state index is 14.4. The second-order valence-corrected chi connectivity index (χ2v) is 10.3. The van der Waals surface area contributed by atoms with Gasteiger partial charge < -0.3 is 15.0 Å². The molecule has 2 N–H and O–H groups in total. The van der Waals surface area contributed by atoms with Crippen LogP contribution in [0.25, 0.3) is 10.9 Å². The summed E-state index contributed by atoms with van der Waals surface area (Å²) in [7, 11) is 4.77. The Bertz CT molecular complexity index is 1570. The lowest BCUT2D eigenvalue weighted by molar-refractivity contribution is -0.128. The molecule has 0 aliphatic carbocycles. The van der Waals surface area contributed by atoms with Crippen molar-refractivity contribution in [1.29, 1.82) is 0 Å². The fraction of sp³-hybridized carbons (Fsp3) is 0.200. The molecule has 41 heavy (non-hydrogen) atoms. The van der Waals surface area contributed by atoms with Crippen molar-refractivity contribution < 1.29 is 23.1 Å². The first-order valence-electron chi connectivity index (χ1n) is 12.6. The molecular formula is C30H29F2N5O3S. The van der Waals surface area contributed by atoms with Crippen LogP contribution in [0.2, 0.25) is 0 Å². The molecule has 4 aromatic rings. The molecule has 0 fully saturated rings. The molecule has 0 aliphatic rings. The number of nitrogens with zero attached hydrogens (tertiary/aromatic N) is 3. The molecule has 11 heteroatoms. The van der Waals surface area contributed by atoms with Gasteiger partial charge in [0, 0.05) is 60.4 Å². The van der Waals surface area contributed by atoms with Gasteiger partial charge in [-0.25, -0.2) is 14.2 Å². The number of carbonyl (C=O) groups is 2. The zero-order chi connectivity index (χ0) is 29.4. The molecule has 0 aliphatic heterocycles. The van der Waals surface area contributed by atoms with E-state index in [9.17, 15) is 18.4 Å². The largest absolute Gasteiger partial charge is 0.497 e. The lowest BCUT2D eigenvalue weighted by atomic mass is 10.1. The van der Waals surface area contributed by atoms with Crippen LogP contribution >= 0.6 is 11.8 Å². The fourth-order valence-corrected chi connectivity index (χ4v) is 4.86. The molecule has 0 saturated heterocycles. The van der Waals surface area contributed by atoms with Gasteiger partial charge >= 0.3 is 0 Å². The number of pyridine rings is 1. The van der Waals surface area contributed by atoms with Crippen LogP contribution in [0, 0.1) is 11.6 Å². The van der Waals surface area contributed by atoms with Crippen LogP contribution in [-0.4, -0.2) is 60.9 Å². The van der Waals surface area contributed by atoms with E-state index >= 15 is 0 Å². The Labute approximate surface area is 240 Å². The SMILES string of the molecule is COc1ccc(/C=N/NC(=O)c2cnc3ccc(F)cc3c2N[C@@H](CSc2ccccc2)CC(=O)N(C)C)c(F)c1. The predicted molar refractivity (Wildman–Crippen MR) is 158 cm³/mol. The van der Waals surface area contributed by atoms with E-state index in [4.69, 9.17) is 4.74 Å². The highest BCUT2D eigenvalue weighted by Crippen LogP contribution is 2.30. The number of anilines is 1. The number of rotatable bonds is 11. The highest BCUT2D eigenvalue weighted by atomic mass is 32.2. The van der Waals surface area contributed by atoms with E-state index in [0.717, 1.165) is 4.90 Å². The molecule has 2 amide bonds. The lowest BCUT2D eigenvalue weighted by Gasteiger charge is -2.23. The van der Waals surface area contributed by atoms with E-state index in [-0.39, 0.29) is 23.5 Å². The standard InChI is InChI=1S/C30H29F2N5O3S/c1-37(2)28(38)14-21(18-41-23-7-5-4-6-8-23)35-29-24-13-20(31)10-12-27(24)33-17-25(29)30(39)36-34-16-19-9-11-22(40-3)15-26(19)32/h4-13,15-17,21H,14,18H2,1-3H3,(H,33,35)(H,36,39)/b34-16+/t21-/m1/s1. The van der Waals surface area contributed by atoms with Crippen molar-refractivity contribution >= 4 is 46.4 Å². The summed E-state index contributed by atoms with van der Waals surface area (Å²) in [5.41, 5.74) is 3.39. The maximum Gasteiger partial charge on any atom is 0.275 e. The Kier molecular flexibility index (Phi) is 9.86. The van der Waals surface area contributed by atoms with E-state index in [1.807, 2.05) is 30.3 Å². The summed E-state index contributed by atoms with van der Waals surface area (Å²) in [6.07, 6.45) is 2.65. The van der Waals surface area contributed by atoms with E-state index in [2.05, 4.69) is 20.8 Å². The highest BCUT2D eigenvalue weighted by Gasteiger charge is 2.22. The molecule has 1 heterocycles. The molecular weight excluding hydrogens is 548 g/mol. The molecule has 0 saturated carbocycles. The summed E-state index contributed by atoms with van der Waals surface area (Å²) in [5.74, 6) is -1.01. The van der Waals surface area contributed by atoms with E-state index < -0.39 is 23.6 Å². The predicted octanol–water partition coefficient (Wildman–Crippen LogP) is 5.34. The molecule has 8 nitrogen and oxygen atoms in total. The van der Waals surface area contributed by atoms with Crippen molar-refractivity contribution in [1.82, 2.24) is 15.3 Å². The third kappa shape index (κ3) is 7.79. The van der Waals surface area contributed by atoms with Gasteiger partial charge in [0.15, 0.2) is 0 Å². The first-order chi connectivity index (χ1) is 19.7.